The quantitative estimate of drug-likeness (QED) is 0.439. The molecule has 0 saturated carbocycles. The Hall–Kier alpha value is -0.940. The molecule has 0 saturated heterocycles. The minimum atomic E-state index is -1.65. The fourth-order valence-corrected chi connectivity index (χ4v) is 1.31. The summed E-state index contributed by atoms with van der Waals surface area (Å²) in [5.41, 5.74) is -0.928. The first-order valence-corrected chi connectivity index (χ1v) is 4.27. The van der Waals surface area contributed by atoms with Gasteiger partial charge in [0.1, 0.15) is 10.6 Å². The van der Waals surface area contributed by atoms with E-state index >= 15 is 0 Å². The van der Waals surface area contributed by atoms with E-state index in [2.05, 4.69) is 4.74 Å². The first-order valence-electron chi connectivity index (χ1n) is 3.51. The van der Waals surface area contributed by atoms with Gasteiger partial charge in [0, 0.05) is 0 Å². The number of carbonyl (C=O) groups excluding carboxylic acids is 1. The zero-order valence-electron chi connectivity index (χ0n) is 7.21. The minimum Gasteiger partial charge on any atom is -0.465 e. The third-order valence-electron chi connectivity index (χ3n) is 1.60. The molecule has 82 valence electrons. The lowest BCUT2D eigenvalue weighted by Crippen LogP contribution is -2.09. The molecule has 15 heavy (non-hydrogen) atoms. The molecule has 0 N–H and O–H groups in total. The summed E-state index contributed by atoms with van der Waals surface area (Å²) in [6.45, 7) is 0. The molecule has 0 aliphatic carbocycles. The van der Waals surface area contributed by atoms with Crippen LogP contribution >= 0.6 is 23.2 Å². The molecule has 1 aromatic carbocycles. The van der Waals surface area contributed by atoms with Gasteiger partial charge in [-0.25, -0.2) is 18.0 Å². The molecule has 0 atom stereocenters. The van der Waals surface area contributed by atoms with E-state index in [4.69, 9.17) is 23.2 Å². The maximum Gasteiger partial charge on any atom is 0.342 e. The molecular weight excluding hydrogens is 256 g/mol. The normalized spacial score (nSPS) is 10.3. The molecule has 0 fully saturated rings. The topological polar surface area (TPSA) is 26.3 Å². The molecule has 0 unspecified atom stereocenters. The first-order chi connectivity index (χ1) is 6.91. The standard InChI is InChI=1S/C8H3Cl2F3O2/c1-15-8(14)2-3(9)6(12)7(13)4(10)5(2)11/h1H3. The highest BCUT2D eigenvalue weighted by Gasteiger charge is 2.27. The summed E-state index contributed by atoms with van der Waals surface area (Å²) in [6, 6.07) is 0. The number of hydrogen-bond donors (Lipinski definition) is 0. The Morgan fingerprint density at radius 2 is 1.53 bits per heavy atom. The van der Waals surface area contributed by atoms with E-state index in [0.29, 0.717) is 0 Å². The minimum absolute atomic E-state index is 0.928. The summed E-state index contributed by atoms with van der Waals surface area (Å²) in [5.74, 6) is -5.93. The Morgan fingerprint density at radius 1 is 1.07 bits per heavy atom. The lowest BCUT2D eigenvalue weighted by Gasteiger charge is -2.07. The van der Waals surface area contributed by atoms with Gasteiger partial charge in [-0.3, -0.25) is 0 Å². The van der Waals surface area contributed by atoms with Gasteiger partial charge in [-0.05, 0) is 0 Å². The van der Waals surface area contributed by atoms with Crippen molar-refractivity contribution in [1.82, 2.24) is 0 Å². The zero-order valence-corrected chi connectivity index (χ0v) is 8.72. The van der Waals surface area contributed by atoms with Crippen LogP contribution in [0.25, 0.3) is 0 Å². The predicted octanol–water partition coefficient (Wildman–Crippen LogP) is 3.20. The molecule has 0 amide bonds. The lowest BCUT2D eigenvalue weighted by molar-refractivity contribution is 0.0595. The number of esters is 1. The maximum atomic E-state index is 13.2. The summed E-state index contributed by atoms with van der Waals surface area (Å²) in [5, 5.41) is -2.14. The van der Waals surface area contributed by atoms with Crippen LogP contribution in [0.1, 0.15) is 10.4 Å². The Bertz CT molecular complexity index is 405. The third kappa shape index (κ3) is 1.89. The van der Waals surface area contributed by atoms with Gasteiger partial charge in [0.2, 0.25) is 0 Å². The van der Waals surface area contributed by atoms with Crippen LogP contribution in [-0.4, -0.2) is 13.1 Å². The molecule has 0 aromatic heterocycles. The van der Waals surface area contributed by atoms with Gasteiger partial charge in [-0.15, -0.1) is 0 Å². The van der Waals surface area contributed by atoms with Gasteiger partial charge in [-0.1, -0.05) is 23.2 Å². The summed E-state index contributed by atoms with van der Waals surface area (Å²) < 4.78 is 43.1. The summed E-state index contributed by atoms with van der Waals surface area (Å²) in [7, 11) is 0.938. The highest BCUT2D eigenvalue weighted by molar-refractivity contribution is 6.35. The van der Waals surface area contributed by atoms with E-state index in [-0.39, 0.29) is 0 Å². The lowest BCUT2D eigenvalue weighted by atomic mass is 10.2. The number of halogens is 5. The fraction of sp³-hybridized carbons (Fsp3) is 0.125. The number of hydrogen-bond acceptors (Lipinski definition) is 2. The van der Waals surface area contributed by atoms with Crippen molar-refractivity contribution in [2.24, 2.45) is 0 Å². The van der Waals surface area contributed by atoms with Crippen LogP contribution in [0.4, 0.5) is 13.2 Å². The van der Waals surface area contributed by atoms with Crippen LogP contribution in [0.2, 0.25) is 10.0 Å². The number of ether oxygens (including phenoxy) is 1. The van der Waals surface area contributed by atoms with Crippen molar-refractivity contribution in [3.8, 4) is 0 Å². The Morgan fingerprint density at radius 3 is 2.00 bits per heavy atom. The monoisotopic (exact) mass is 258 g/mol. The van der Waals surface area contributed by atoms with Crippen molar-refractivity contribution in [3.63, 3.8) is 0 Å². The Kier molecular flexibility index (Phi) is 3.46. The van der Waals surface area contributed by atoms with Crippen molar-refractivity contribution in [2.75, 3.05) is 7.11 Å². The van der Waals surface area contributed by atoms with Crippen LogP contribution in [0.3, 0.4) is 0 Å². The molecule has 0 aliphatic heterocycles. The summed E-state index contributed by atoms with van der Waals surface area (Å²) >= 11 is 10.3. The zero-order chi connectivity index (χ0) is 11.7. The molecule has 0 heterocycles. The fourth-order valence-electron chi connectivity index (χ4n) is 0.886. The van der Waals surface area contributed by atoms with E-state index in [9.17, 15) is 18.0 Å². The number of benzene rings is 1. The molecule has 2 nitrogen and oxygen atoms in total. The van der Waals surface area contributed by atoms with Crippen LogP contribution in [0.5, 0.6) is 0 Å². The molecule has 0 bridgehead atoms. The average Bonchev–Trinajstić information content (AvgIpc) is 2.23. The van der Waals surface area contributed by atoms with E-state index in [1.807, 2.05) is 0 Å². The third-order valence-corrected chi connectivity index (χ3v) is 2.29. The highest BCUT2D eigenvalue weighted by Crippen LogP contribution is 2.32. The van der Waals surface area contributed by atoms with Gasteiger partial charge in [-0.2, -0.15) is 0 Å². The van der Waals surface area contributed by atoms with Crippen LogP contribution in [0.15, 0.2) is 0 Å². The van der Waals surface area contributed by atoms with Gasteiger partial charge in [0.15, 0.2) is 17.5 Å². The first kappa shape index (κ1) is 12.1. The van der Waals surface area contributed by atoms with Crippen LogP contribution in [0, 0.1) is 17.5 Å². The van der Waals surface area contributed by atoms with Gasteiger partial charge in [0.05, 0.1) is 12.1 Å². The summed E-state index contributed by atoms with van der Waals surface area (Å²) in [4.78, 5) is 11.0. The van der Waals surface area contributed by atoms with E-state index in [1.54, 1.807) is 0 Å². The van der Waals surface area contributed by atoms with Crippen molar-refractivity contribution in [2.45, 2.75) is 0 Å². The smallest absolute Gasteiger partial charge is 0.342 e. The van der Waals surface area contributed by atoms with Gasteiger partial charge in [0.25, 0.3) is 0 Å². The second kappa shape index (κ2) is 4.28. The molecule has 0 radical (unpaired) electrons. The van der Waals surface area contributed by atoms with Crippen molar-refractivity contribution < 1.29 is 22.7 Å². The molecule has 1 rings (SSSR count). The van der Waals surface area contributed by atoms with Crippen LogP contribution in [-0.2, 0) is 4.74 Å². The number of carbonyl (C=O) groups is 1. The van der Waals surface area contributed by atoms with E-state index < -0.39 is 39.0 Å². The van der Waals surface area contributed by atoms with Gasteiger partial charge >= 0.3 is 5.97 Å². The predicted molar refractivity (Wildman–Crippen MR) is 47.7 cm³/mol. The number of methoxy groups -OCH3 is 1. The van der Waals surface area contributed by atoms with E-state index in [0.717, 1.165) is 7.11 Å². The van der Waals surface area contributed by atoms with Crippen molar-refractivity contribution >= 4 is 29.2 Å². The van der Waals surface area contributed by atoms with Gasteiger partial charge < -0.3 is 4.74 Å². The molecule has 0 aliphatic rings. The summed E-state index contributed by atoms with van der Waals surface area (Å²) in [6.07, 6.45) is 0. The van der Waals surface area contributed by atoms with E-state index in [1.165, 1.54) is 0 Å². The highest BCUT2D eigenvalue weighted by atomic mass is 35.5. The largest absolute Gasteiger partial charge is 0.465 e. The SMILES string of the molecule is COC(=O)c1c(F)c(Cl)c(F)c(F)c1Cl. The molecular formula is C8H3Cl2F3O2. The van der Waals surface area contributed by atoms with Crippen LogP contribution < -0.4 is 0 Å². The van der Waals surface area contributed by atoms with Crippen molar-refractivity contribution in [1.29, 1.82) is 0 Å². The van der Waals surface area contributed by atoms with Crippen molar-refractivity contribution in [3.05, 3.63) is 33.1 Å². The molecule has 0 spiro atoms. The Balaban J connectivity index is 3.60. The maximum absolute atomic E-state index is 13.2. The average molecular weight is 259 g/mol. The molecule has 7 heteroatoms. The Labute approximate surface area is 92.5 Å². The number of rotatable bonds is 1. The second-order valence-corrected chi connectivity index (χ2v) is 3.19. The second-order valence-electron chi connectivity index (χ2n) is 2.44. The molecule has 1 aromatic rings.